The van der Waals surface area contributed by atoms with Crippen LogP contribution in [0.25, 0.3) is 0 Å². The lowest BCUT2D eigenvalue weighted by atomic mass is 10.1. The van der Waals surface area contributed by atoms with Crippen LogP contribution in [0.2, 0.25) is 0 Å². The van der Waals surface area contributed by atoms with Gasteiger partial charge in [0.05, 0.1) is 6.04 Å². The van der Waals surface area contributed by atoms with Crippen molar-refractivity contribution in [2.75, 3.05) is 30.9 Å². The van der Waals surface area contributed by atoms with Gasteiger partial charge in [0, 0.05) is 12.3 Å². The molecule has 1 aliphatic rings. The standard InChI is InChI=1S/C19H35N5O5S2/c1-31-10-7-13(18(27)24-9-4-6-15(24)19(28)29)22-17(26)14(11-30)23-16(25)12(21)5-2-3-8-20/h12-15,30H,2-11,20-21H2,1H3,(H,22,26)(H,23,25)(H,28,29). The summed E-state index contributed by atoms with van der Waals surface area (Å²) in [6.07, 6.45) is 5.12. The lowest BCUT2D eigenvalue weighted by Gasteiger charge is -2.28. The first-order valence-corrected chi connectivity index (χ1v) is 12.5. The first-order chi connectivity index (χ1) is 14.8. The molecular formula is C19H35N5O5S2. The minimum atomic E-state index is -1.05. The largest absolute Gasteiger partial charge is 0.480 e. The second-order valence-electron chi connectivity index (χ2n) is 7.51. The second-order valence-corrected chi connectivity index (χ2v) is 8.86. The van der Waals surface area contributed by atoms with E-state index in [1.165, 1.54) is 16.7 Å². The molecule has 1 fully saturated rings. The molecular weight excluding hydrogens is 442 g/mol. The van der Waals surface area contributed by atoms with Crippen LogP contribution >= 0.6 is 24.4 Å². The van der Waals surface area contributed by atoms with E-state index in [1.54, 1.807) is 0 Å². The monoisotopic (exact) mass is 477 g/mol. The van der Waals surface area contributed by atoms with Gasteiger partial charge in [0.25, 0.3) is 0 Å². The van der Waals surface area contributed by atoms with E-state index in [-0.39, 0.29) is 5.75 Å². The fraction of sp³-hybridized carbons (Fsp3) is 0.789. The molecule has 178 valence electrons. The highest BCUT2D eigenvalue weighted by Crippen LogP contribution is 2.19. The smallest absolute Gasteiger partial charge is 0.326 e. The zero-order valence-electron chi connectivity index (χ0n) is 17.9. The summed E-state index contributed by atoms with van der Waals surface area (Å²) in [5, 5.41) is 14.6. The molecule has 0 spiro atoms. The summed E-state index contributed by atoms with van der Waals surface area (Å²) in [6.45, 7) is 0.854. The van der Waals surface area contributed by atoms with Gasteiger partial charge >= 0.3 is 5.97 Å². The number of carbonyl (C=O) groups is 4. The highest BCUT2D eigenvalue weighted by atomic mass is 32.2. The van der Waals surface area contributed by atoms with E-state index in [1.807, 2.05) is 6.26 Å². The van der Waals surface area contributed by atoms with Crippen LogP contribution in [0.15, 0.2) is 0 Å². The van der Waals surface area contributed by atoms with Crippen molar-refractivity contribution in [3.8, 4) is 0 Å². The molecule has 1 heterocycles. The predicted molar refractivity (Wildman–Crippen MR) is 124 cm³/mol. The molecule has 1 saturated heterocycles. The van der Waals surface area contributed by atoms with E-state index >= 15 is 0 Å². The second kappa shape index (κ2) is 14.5. The predicted octanol–water partition coefficient (Wildman–Crippen LogP) is -0.829. The van der Waals surface area contributed by atoms with Gasteiger partial charge in [-0.15, -0.1) is 0 Å². The van der Waals surface area contributed by atoms with Crippen LogP contribution < -0.4 is 22.1 Å². The number of amides is 3. The van der Waals surface area contributed by atoms with Gasteiger partial charge in [0.2, 0.25) is 17.7 Å². The number of thiol groups is 1. The third-order valence-electron chi connectivity index (χ3n) is 5.17. The van der Waals surface area contributed by atoms with E-state index in [2.05, 4.69) is 23.3 Å². The molecule has 1 aliphatic heterocycles. The van der Waals surface area contributed by atoms with Gasteiger partial charge in [-0.2, -0.15) is 24.4 Å². The van der Waals surface area contributed by atoms with Crippen molar-refractivity contribution >= 4 is 48.1 Å². The van der Waals surface area contributed by atoms with E-state index in [9.17, 15) is 24.3 Å². The van der Waals surface area contributed by atoms with Crippen LogP contribution in [0.4, 0.5) is 0 Å². The Kier molecular flexibility index (Phi) is 12.9. The molecule has 0 aromatic rings. The fourth-order valence-electron chi connectivity index (χ4n) is 3.37. The number of hydrogen-bond donors (Lipinski definition) is 6. The number of hydrogen-bond acceptors (Lipinski definition) is 8. The van der Waals surface area contributed by atoms with Crippen molar-refractivity contribution in [3.63, 3.8) is 0 Å². The first kappa shape index (κ1) is 27.5. The number of aliphatic carboxylic acids is 1. The third-order valence-corrected chi connectivity index (χ3v) is 6.18. The lowest BCUT2D eigenvalue weighted by molar-refractivity contribution is -0.149. The quantitative estimate of drug-likeness (QED) is 0.139. The van der Waals surface area contributed by atoms with Gasteiger partial charge in [-0.05, 0) is 50.7 Å². The molecule has 0 aromatic carbocycles. The average molecular weight is 478 g/mol. The number of carboxylic acids is 1. The number of carbonyl (C=O) groups excluding carboxylic acids is 3. The molecule has 10 nitrogen and oxygen atoms in total. The maximum Gasteiger partial charge on any atom is 0.326 e. The zero-order chi connectivity index (χ0) is 23.4. The van der Waals surface area contributed by atoms with Crippen molar-refractivity contribution in [1.82, 2.24) is 15.5 Å². The molecule has 0 bridgehead atoms. The molecule has 12 heteroatoms. The summed E-state index contributed by atoms with van der Waals surface area (Å²) in [4.78, 5) is 50.8. The highest BCUT2D eigenvalue weighted by molar-refractivity contribution is 7.98. The highest BCUT2D eigenvalue weighted by Gasteiger charge is 2.38. The summed E-state index contributed by atoms with van der Waals surface area (Å²) in [6, 6.07) is -3.49. The van der Waals surface area contributed by atoms with Crippen LogP contribution in [0.1, 0.15) is 38.5 Å². The summed E-state index contributed by atoms with van der Waals surface area (Å²) in [5.41, 5.74) is 11.3. The molecule has 0 saturated carbocycles. The Balaban J connectivity index is 2.78. The van der Waals surface area contributed by atoms with Gasteiger partial charge in [0.1, 0.15) is 18.1 Å². The summed E-state index contributed by atoms with van der Waals surface area (Å²) >= 11 is 5.66. The Morgan fingerprint density at radius 2 is 1.84 bits per heavy atom. The Morgan fingerprint density at radius 3 is 2.42 bits per heavy atom. The number of nitrogens with zero attached hydrogens (tertiary/aromatic N) is 1. The number of likely N-dealkylation sites (tertiary alicyclic amines) is 1. The van der Waals surface area contributed by atoms with E-state index in [4.69, 9.17) is 11.5 Å². The zero-order valence-corrected chi connectivity index (χ0v) is 19.6. The van der Waals surface area contributed by atoms with Crippen molar-refractivity contribution in [1.29, 1.82) is 0 Å². The summed E-state index contributed by atoms with van der Waals surface area (Å²) in [7, 11) is 0. The van der Waals surface area contributed by atoms with Gasteiger partial charge in [-0.3, -0.25) is 14.4 Å². The van der Waals surface area contributed by atoms with Crippen LogP contribution in [-0.2, 0) is 19.2 Å². The van der Waals surface area contributed by atoms with Crippen molar-refractivity contribution in [2.45, 2.75) is 62.7 Å². The van der Waals surface area contributed by atoms with Crippen LogP contribution in [0.3, 0.4) is 0 Å². The number of thioether (sulfide) groups is 1. The lowest BCUT2D eigenvalue weighted by Crippen LogP contribution is -2.57. The Labute approximate surface area is 193 Å². The topological polar surface area (TPSA) is 168 Å². The van der Waals surface area contributed by atoms with Gasteiger partial charge in [0.15, 0.2) is 0 Å². The normalized spacial score (nSPS) is 18.8. The minimum absolute atomic E-state index is 0.0258. The SMILES string of the molecule is CSCCC(NC(=O)C(CS)NC(=O)C(N)CCCCN)C(=O)N1CCCC1C(=O)O. The fourth-order valence-corrected chi connectivity index (χ4v) is 4.09. The number of nitrogens with one attached hydrogen (secondary N) is 2. The maximum absolute atomic E-state index is 13.0. The van der Waals surface area contributed by atoms with Gasteiger partial charge < -0.3 is 32.1 Å². The summed E-state index contributed by atoms with van der Waals surface area (Å²) in [5.74, 6) is -1.86. The van der Waals surface area contributed by atoms with E-state index < -0.39 is 47.9 Å². The van der Waals surface area contributed by atoms with Crippen molar-refractivity contribution in [2.24, 2.45) is 11.5 Å². The Bertz CT molecular complexity index is 624. The molecule has 4 unspecified atom stereocenters. The molecule has 0 aromatic heterocycles. The third kappa shape index (κ3) is 8.87. The Hall–Kier alpha value is -1.50. The van der Waals surface area contributed by atoms with Crippen molar-refractivity contribution in [3.05, 3.63) is 0 Å². The molecule has 0 aliphatic carbocycles. The molecule has 3 amide bonds. The average Bonchev–Trinajstić information content (AvgIpc) is 3.24. The number of rotatable bonds is 14. The van der Waals surface area contributed by atoms with E-state index in [0.717, 1.165) is 6.42 Å². The molecule has 0 radical (unpaired) electrons. The molecule has 31 heavy (non-hydrogen) atoms. The van der Waals surface area contributed by atoms with Gasteiger partial charge in [-0.1, -0.05) is 6.42 Å². The number of nitrogens with two attached hydrogens (primary N) is 2. The maximum atomic E-state index is 13.0. The number of carboxylic acid groups (broad SMARTS) is 1. The molecule has 7 N–H and O–H groups in total. The minimum Gasteiger partial charge on any atom is -0.480 e. The van der Waals surface area contributed by atoms with Crippen LogP contribution in [0, 0.1) is 0 Å². The number of unbranched alkanes of at least 4 members (excludes halogenated alkanes) is 1. The molecule has 1 rings (SSSR count). The van der Waals surface area contributed by atoms with Crippen molar-refractivity contribution < 1.29 is 24.3 Å². The van der Waals surface area contributed by atoms with Gasteiger partial charge in [-0.25, -0.2) is 4.79 Å². The molecule has 4 atom stereocenters. The van der Waals surface area contributed by atoms with Crippen LogP contribution in [0.5, 0.6) is 0 Å². The van der Waals surface area contributed by atoms with E-state index in [0.29, 0.717) is 50.9 Å². The summed E-state index contributed by atoms with van der Waals surface area (Å²) < 4.78 is 0. The Morgan fingerprint density at radius 1 is 1.16 bits per heavy atom. The van der Waals surface area contributed by atoms with Crippen LogP contribution in [-0.4, -0.2) is 88.7 Å². The first-order valence-electron chi connectivity index (χ1n) is 10.5.